The minimum atomic E-state index is 0.226. The largest absolute Gasteiger partial charge is 0.477 e. The Bertz CT molecular complexity index is 1140. The number of rotatable bonds is 7. The first-order chi connectivity index (χ1) is 15.0. The molecule has 0 aliphatic carbocycles. The van der Waals surface area contributed by atoms with Crippen molar-refractivity contribution in [3.8, 4) is 17.1 Å². The molecular weight excluding hydrogens is 388 g/mol. The molecule has 0 saturated carbocycles. The SMILES string of the molecule is CCOc1ncccc1-c1cc(NCC2=CCN(C)C=C2)c2c(n1)c(C)nn2C(C)C. The third-order valence-corrected chi connectivity index (χ3v) is 5.31. The molecule has 0 aromatic carbocycles. The summed E-state index contributed by atoms with van der Waals surface area (Å²) in [5.41, 5.74) is 6.80. The van der Waals surface area contributed by atoms with E-state index in [1.54, 1.807) is 6.20 Å². The van der Waals surface area contributed by atoms with Crippen molar-refractivity contribution < 1.29 is 4.74 Å². The second kappa shape index (κ2) is 8.79. The summed E-state index contributed by atoms with van der Waals surface area (Å²) in [7, 11) is 2.07. The highest BCUT2D eigenvalue weighted by atomic mass is 16.5. The molecule has 162 valence electrons. The first-order valence-electron chi connectivity index (χ1n) is 10.8. The lowest BCUT2D eigenvalue weighted by Gasteiger charge is -2.19. The number of likely N-dealkylation sites (N-methyl/N-ethyl adjacent to an activating group) is 1. The predicted molar refractivity (Wildman–Crippen MR) is 125 cm³/mol. The third-order valence-electron chi connectivity index (χ3n) is 5.31. The standard InChI is InChI=1S/C24H30N6O/c1-6-31-24-19(8-7-11-25-24)20-14-21(26-15-18-9-12-29(5)13-10-18)23-22(27-20)17(4)28-30(23)16(2)3/h7-12,14,16H,6,13,15H2,1-5H3,(H,26,27). The summed E-state index contributed by atoms with van der Waals surface area (Å²) in [5, 5.41) is 8.42. The predicted octanol–water partition coefficient (Wildman–Crippen LogP) is 4.58. The molecule has 0 amide bonds. The Morgan fingerprint density at radius 2 is 2.13 bits per heavy atom. The van der Waals surface area contributed by atoms with Gasteiger partial charge < -0.3 is 15.0 Å². The lowest BCUT2D eigenvalue weighted by Crippen LogP contribution is -2.16. The van der Waals surface area contributed by atoms with Crippen LogP contribution in [0.5, 0.6) is 5.88 Å². The molecule has 3 aromatic rings. The molecule has 0 saturated heterocycles. The maximum Gasteiger partial charge on any atom is 0.222 e. The van der Waals surface area contributed by atoms with Crippen LogP contribution in [0, 0.1) is 6.92 Å². The molecular formula is C24H30N6O. The molecule has 1 aliphatic rings. The van der Waals surface area contributed by atoms with Crippen molar-refractivity contribution in [3.05, 3.63) is 54.0 Å². The van der Waals surface area contributed by atoms with E-state index in [-0.39, 0.29) is 6.04 Å². The normalized spacial score (nSPS) is 13.7. The summed E-state index contributed by atoms with van der Waals surface area (Å²) in [5.74, 6) is 0.595. The van der Waals surface area contributed by atoms with Gasteiger partial charge in [-0.3, -0.25) is 4.68 Å². The molecule has 1 aliphatic heterocycles. The molecule has 31 heavy (non-hydrogen) atoms. The summed E-state index contributed by atoms with van der Waals surface area (Å²) in [6.07, 6.45) is 8.24. The van der Waals surface area contributed by atoms with Gasteiger partial charge in [-0.15, -0.1) is 0 Å². The summed E-state index contributed by atoms with van der Waals surface area (Å²) in [6, 6.07) is 6.22. The fraction of sp³-hybridized carbons (Fsp3) is 0.375. The Balaban J connectivity index is 1.81. The van der Waals surface area contributed by atoms with E-state index in [4.69, 9.17) is 14.8 Å². The van der Waals surface area contributed by atoms with Gasteiger partial charge in [0.15, 0.2) is 0 Å². The number of ether oxygens (including phenoxy) is 1. The lowest BCUT2D eigenvalue weighted by atomic mass is 10.1. The Kier molecular flexibility index (Phi) is 5.93. The molecule has 4 heterocycles. The maximum atomic E-state index is 5.77. The highest BCUT2D eigenvalue weighted by Crippen LogP contribution is 2.34. The number of nitrogens with zero attached hydrogens (tertiary/aromatic N) is 5. The Hall–Kier alpha value is -3.35. The highest BCUT2D eigenvalue weighted by Gasteiger charge is 2.19. The van der Waals surface area contributed by atoms with Gasteiger partial charge in [0.05, 0.1) is 29.2 Å². The van der Waals surface area contributed by atoms with Gasteiger partial charge in [-0.05, 0) is 63.7 Å². The van der Waals surface area contributed by atoms with Crippen LogP contribution in [0.3, 0.4) is 0 Å². The van der Waals surface area contributed by atoms with Crippen molar-refractivity contribution in [3.63, 3.8) is 0 Å². The topological polar surface area (TPSA) is 68.1 Å². The zero-order valence-electron chi connectivity index (χ0n) is 18.9. The maximum absolute atomic E-state index is 5.77. The van der Waals surface area contributed by atoms with E-state index in [2.05, 4.69) is 65.2 Å². The molecule has 0 fully saturated rings. The van der Waals surface area contributed by atoms with Crippen molar-refractivity contribution in [2.75, 3.05) is 32.1 Å². The first-order valence-corrected chi connectivity index (χ1v) is 10.8. The van der Waals surface area contributed by atoms with Crippen molar-refractivity contribution >= 4 is 16.7 Å². The molecule has 0 bridgehead atoms. The third kappa shape index (κ3) is 4.26. The van der Waals surface area contributed by atoms with Gasteiger partial charge in [-0.1, -0.05) is 6.08 Å². The van der Waals surface area contributed by atoms with Crippen molar-refractivity contribution in [2.45, 2.75) is 33.7 Å². The van der Waals surface area contributed by atoms with Gasteiger partial charge in [0.25, 0.3) is 0 Å². The van der Waals surface area contributed by atoms with E-state index >= 15 is 0 Å². The zero-order valence-corrected chi connectivity index (χ0v) is 18.9. The smallest absolute Gasteiger partial charge is 0.222 e. The van der Waals surface area contributed by atoms with Crippen molar-refractivity contribution in [1.29, 1.82) is 0 Å². The Morgan fingerprint density at radius 3 is 2.84 bits per heavy atom. The molecule has 4 rings (SSSR count). The molecule has 7 nitrogen and oxygen atoms in total. The average Bonchev–Trinajstić information content (AvgIpc) is 3.11. The van der Waals surface area contributed by atoms with Crippen LogP contribution < -0.4 is 10.1 Å². The average molecular weight is 419 g/mol. The minimum Gasteiger partial charge on any atom is -0.477 e. The van der Waals surface area contributed by atoms with E-state index in [1.165, 1.54) is 5.57 Å². The number of nitrogens with one attached hydrogen (secondary N) is 1. The molecule has 3 aromatic heterocycles. The molecule has 0 unspecified atom stereocenters. The second-order valence-corrected chi connectivity index (χ2v) is 8.05. The number of hydrogen-bond donors (Lipinski definition) is 1. The Labute approximate surface area is 183 Å². The number of pyridine rings is 2. The number of aromatic nitrogens is 4. The van der Waals surface area contributed by atoms with Gasteiger partial charge in [-0.25, -0.2) is 9.97 Å². The van der Waals surface area contributed by atoms with Crippen molar-refractivity contribution in [2.24, 2.45) is 0 Å². The van der Waals surface area contributed by atoms with Gasteiger partial charge in [0, 0.05) is 32.4 Å². The van der Waals surface area contributed by atoms with E-state index in [1.807, 2.05) is 26.0 Å². The number of aryl methyl sites for hydroxylation is 1. The lowest BCUT2D eigenvalue weighted by molar-refractivity contribution is 0.328. The first kappa shape index (κ1) is 20.9. The summed E-state index contributed by atoms with van der Waals surface area (Å²) in [4.78, 5) is 11.5. The van der Waals surface area contributed by atoms with Crippen LogP contribution in [0.15, 0.2) is 48.3 Å². The van der Waals surface area contributed by atoms with Crippen LogP contribution in [0.1, 0.15) is 32.5 Å². The molecule has 7 heteroatoms. The molecule has 0 radical (unpaired) electrons. The van der Waals surface area contributed by atoms with Crippen LogP contribution in [0.25, 0.3) is 22.3 Å². The zero-order chi connectivity index (χ0) is 22.0. The summed E-state index contributed by atoms with van der Waals surface area (Å²) < 4.78 is 7.82. The van der Waals surface area contributed by atoms with Crippen molar-refractivity contribution in [1.82, 2.24) is 24.6 Å². The summed E-state index contributed by atoms with van der Waals surface area (Å²) in [6.45, 7) is 10.5. The van der Waals surface area contributed by atoms with Gasteiger partial charge >= 0.3 is 0 Å². The molecule has 0 atom stereocenters. The summed E-state index contributed by atoms with van der Waals surface area (Å²) >= 11 is 0. The minimum absolute atomic E-state index is 0.226. The second-order valence-electron chi connectivity index (χ2n) is 8.05. The van der Waals surface area contributed by atoms with Gasteiger partial charge in [-0.2, -0.15) is 5.10 Å². The van der Waals surface area contributed by atoms with E-state index in [0.29, 0.717) is 12.5 Å². The van der Waals surface area contributed by atoms with Gasteiger partial charge in [0.2, 0.25) is 5.88 Å². The number of fused-ring (bicyclic) bond motifs is 1. The fourth-order valence-electron chi connectivity index (χ4n) is 3.71. The quantitative estimate of drug-likeness (QED) is 0.606. The fourth-order valence-corrected chi connectivity index (χ4v) is 3.71. The monoisotopic (exact) mass is 418 g/mol. The van der Waals surface area contributed by atoms with Crippen LogP contribution in [-0.2, 0) is 0 Å². The van der Waals surface area contributed by atoms with Crippen LogP contribution in [-0.4, -0.2) is 51.4 Å². The Morgan fingerprint density at radius 1 is 1.29 bits per heavy atom. The van der Waals surface area contributed by atoms with Gasteiger partial charge in [0.1, 0.15) is 11.0 Å². The van der Waals surface area contributed by atoms with Crippen LogP contribution >= 0.6 is 0 Å². The van der Waals surface area contributed by atoms with Crippen LogP contribution in [0.2, 0.25) is 0 Å². The number of hydrogen-bond acceptors (Lipinski definition) is 6. The highest BCUT2D eigenvalue weighted by molar-refractivity contribution is 5.93. The van der Waals surface area contributed by atoms with E-state index in [0.717, 1.165) is 46.8 Å². The van der Waals surface area contributed by atoms with E-state index in [9.17, 15) is 0 Å². The number of anilines is 1. The van der Waals surface area contributed by atoms with E-state index < -0.39 is 0 Å². The molecule has 1 N–H and O–H groups in total. The molecule has 0 spiro atoms. The van der Waals surface area contributed by atoms with Crippen LogP contribution in [0.4, 0.5) is 5.69 Å².